The molecule has 18 heavy (non-hydrogen) atoms. The Morgan fingerprint density at radius 3 is 2.83 bits per heavy atom. The van der Waals surface area contributed by atoms with Gasteiger partial charge in [0.05, 0.1) is 13.0 Å². The Labute approximate surface area is 105 Å². The Hall–Kier alpha value is -2.24. The first-order valence-corrected chi connectivity index (χ1v) is 5.47. The third-order valence-corrected chi connectivity index (χ3v) is 2.60. The molecule has 0 heterocycles. The number of nitrogens with two attached hydrogens (primary N) is 1. The third-order valence-electron chi connectivity index (χ3n) is 2.60. The molecular weight excluding hydrogens is 234 g/mol. The minimum atomic E-state index is -0.676. The largest absolute Gasteiger partial charge is 0.496 e. The average Bonchev–Trinajstić information content (AvgIpc) is 2.43. The zero-order valence-corrected chi connectivity index (χ0v) is 10.4. The number of hydrogen-bond donors (Lipinski definition) is 3. The third kappa shape index (κ3) is 3.38. The molecule has 0 bridgehead atoms. The van der Waals surface area contributed by atoms with E-state index in [0.29, 0.717) is 12.3 Å². The number of amides is 1. The molecule has 1 aromatic rings. The lowest BCUT2D eigenvalue weighted by molar-refractivity contribution is -0.122. The summed E-state index contributed by atoms with van der Waals surface area (Å²) in [5, 5.41) is 14.0. The molecule has 0 saturated carbocycles. The summed E-state index contributed by atoms with van der Waals surface area (Å²) >= 11 is 0. The smallest absolute Gasteiger partial charge is 0.230 e. The summed E-state index contributed by atoms with van der Waals surface area (Å²) in [7, 11) is 1.57. The fourth-order valence-corrected chi connectivity index (χ4v) is 1.41. The molecule has 0 aromatic heterocycles. The van der Waals surface area contributed by atoms with Crippen molar-refractivity contribution >= 4 is 11.7 Å². The second-order valence-corrected chi connectivity index (χ2v) is 3.78. The quantitative estimate of drug-likeness (QED) is 0.310. The summed E-state index contributed by atoms with van der Waals surface area (Å²) in [4.78, 5) is 11.7. The molecule has 0 spiro atoms. The van der Waals surface area contributed by atoms with Crippen LogP contribution in [0.5, 0.6) is 5.75 Å². The fourth-order valence-electron chi connectivity index (χ4n) is 1.41. The summed E-state index contributed by atoms with van der Waals surface area (Å²) in [5.74, 6) is -0.400. The highest BCUT2D eigenvalue weighted by Gasteiger charge is 2.17. The van der Waals surface area contributed by atoms with Crippen molar-refractivity contribution in [1.82, 2.24) is 5.32 Å². The topological polar surface area (TPSA) is 96.9 Å². The monoisotopic (exact) mass is 251 g/mol. The highest BCUT2D eigenvalue weighted by Crippen LogP contribution is 2.16. The Kier molecular flexibility index (Phi) is 4.98. The van der Waals surface area contributed by atoms with Crippen molar-refractivity contribution in [2.45, 2.75) is 13.5 Å². The molecule has 0 fully saturated rings. The van der Waals surface area contributed by atoms with E-state index in [9.17, 15) is 4.79 Å². The lowest BCUT2D eigenvalue weighted by Gasteiger charge is -2.12. The summed E-state index contributed by atoms with van der Waals surface area (Å²) in [6.45, 7) is 1.89. The molecule has 0 saturated heterocycles. The standard InChI is InChI=1S/C12H17N3O3/c1-8(11(13)15-17)12(16)14-7-9-5-3-4-6-10(9)18-2/h3-6,8,17H,7H2,1-2H3,(H2,13,15)(H,14,16). The van der Waals surface area contributed by atoms with Crippen molar-refractivity contribution in [2.75, 3.05) is 7.11 Å². The number of para-hydroxylation sites is 1. The number of nitrogens with one attached hydrogen (secondary N) is 1. The van der Waals surface area contributed by atoms with Gasteiger partial charge in [-0.05, 0) is 13.0 Å². The molecule has 0 aliphatic rings. The molecule has 1 unspecified atom stereocenters. The number of amidine groups is 1. The molecule has 1 atom stereocenters. The van der Waals surface area contributed by atoms with Gasteiger partial charge >= 0.3 is 0 Å². The van der Waals surface area contributed by atoms with Crippen LogP contribution in [-0.4, -0.2) is 24.1 Å². The van der Waals surface area contributed by atoms with Crippen LogP contribution in [-0.2, 0) is 11.3 Å². The Balaban J connectivity index is 2.63. The summed E-state index contributed by atoms with van der Waals surface area (Å²) in [6, 6.07) is 7.38. The van der Waals surface area contributed by atoms with Crippen LogP contribution in [0.15, 0.2) is 29.4 Å². The number of carbonyl (C=O) groups is 1. The number of benzene rings is 1. The zero-order chi connectivity index (χ0) is 13.5. The van der Waals surface area contributed by atoms with Gasteiger partial charge in [0.25, 0.3) is 0 Å². The molecule has 1 amide bonds. The van der Waals surface area contributed by atoms with Gasteiger partial charge in [0, 0.05) is 12.1 Å². The molecule has 6 heteroatoms. The maximum atomic E-state index is 11.7. The summed E-state index contributed by atoms with van der Waals surface area (Å²) in [5.41, 5.74) is 6.22. The number of rotatable bonds is 5. The predicted molar refractivity (Wildman–Crippen MR) is 67.4 cm³/mol. The van der Waals surface area contributed by atoms with E-state index in [1.807, 2.05) is 24.3 Å². The predicted octanol–water partition coefficient (Wildman–Crippen LogP) is 0.694. The van der Waals surface area contributed by atoms with Crippen LogP contribution in [0.4, 0.5) is 0 Å². The van der Waals surface area contributed by atoms with Gasteiger partial charge in [-0.15, -0.1) is 0 Å². The van der Waals surface area contributed by atoms with Crippen molar-refractivity contribution in [3.63, 3.8) is 0 Å². The SMILES string of the molecule is COc1ccccc1CNC(=O)C(C)C(N)=NO. The Morgan fingerprint density at radius 1 is 1.56 bits per heavy atom. The minimum absolute atomic E-state index is 0.118. The molecule has 98 valence electrons. The lowest BCUT2D eigenvalue weighted by Crippen LogP contribution is -2.36. The zero-order valence-electron chi connectivity index (χ0n) is 10.4. The summed E-state index contributed by atoms with van der Waals surface area (Å²) < 4.78 is 5.17. The average molecular weight is 251 g/mol. The van der Waals surface area contributed by atoms with Crippen LogP contribution in [0.2, 0.25) is 0 Å². The minimum Gasteiger partial charge on any atom is -0.496 e. The van der Waals surface area contributed by atoms with Crippen molar-refractivity contribution < 1.29 is 14.7 Å². The van der Waals surface area contributed by atoms with Crippen LogP contribution in [0.25, 0.3) is 0 Å². The maximum Gasteiger partial charge on any atom is 0.230 e. The van der Waals surface area contributed by atoms with E-state index in [1.165, 1.54) is 0 Å². The van der Waals surface area contributed by atoms with E-state index in [4.69, 9.17) is 15.7 Å². The highest BCUT2D eigenvalue weighted by atomic mass is 16.5. The molecule has 1 rings (SSSR count). The lowest BCUT2D eigenvalue weighted by atomic mass is 10.1. The van der Waals surface area contributed by atoms with Gasteiger partial charge < -0.3 is 21.0 Å². The van der Waals surface area contributed by atoms with Crippen molar-refractivity contribution in [3.05, 3.63) is 29.8 Å². The van der Waals surface area contributed by atoms with E-state index in [1.54, 1.807) is 14.0 Å². The normalized spacial score (nSPS) is 12.9. The van der Waals surface area contributed by atoms with Crippen LogP contribution < -0.4 is 15.8 Å². The number of oxime groups is 1. The fraction of sp³-hybridized carbons (Fsp3) is 0.333. The number of hydrogen-bond acceptors (Lipinski definition) is 4. The molecule has 0 aliphatic heterocycles. The molecular formula is C12H17N3O3. The van der Waals surface area contributed by atoms with Crippen molar-refractivity contribution in [3.8, 4) is 5.75 Å². The van der Waals surface area contributed by atoms with Gasteiger partial charge in [-0.3, -0.25) is 4.79 Å². The number of ether oxygens (including phenoxy) is 1. The van der Waals surface area contributed by atoms with Crippen LogP contribution in [0, 0.1) is 5.92 Å². The van der Waals surface area contributed by atoms with Crippen LogP contribution >= 0.6 is 0 Å². The molecule has 0 aliphatic carbocycles. The molecule has 6 nitrogen and oxygen atoms in total. The van der Waals surface area contributed by atoms with E-state index >= 15 is 0 Å². The van der Waals surface area contributed by atoms with Gasteiger partial charge in [-0.2, -0.15) is 0 Å². The molecule has 0 radical (unpaired) electrons. The van der Waals surface area contributed by atoms with E-state index in [2.05, 4.69) is 10.5 Å². The highest BCUT2D eigenvalue weighted by molar-refractivity contribution is 6.01. The second kappa shape index (κ2) is 6.48. The van der Waals surface area contributed by atoms with E-state index in [0.717, 1.165) is 5.56 Å². The van der Waals surface area contributed by atoms with E-state index in [-0.39, 0.29) is 11.7 Å². The first-order valence-electron chi connectivity index (χ1n) is 5.47. The first kappa shape index (κ1) is 13.8. The van der Waals surface area contributed by atoms with Crippen LogP contribution in [0.1, 0.15) is 12.5 Å². The Bertz CT molecular complexity index is 446. The van der Waals surface area contributed by atoms with Gasteiger partial charge in [-0.25, -0.2) is 0 Å². The number of methoxy groups -OCH3 is 1. The van der Waals surface area contributed by atoms with Crippen molar-refractivity contribution in [2.24, 2.45) is 16.8 Å². The van der Waals surface area contributed by atoms with Crippen molar-refractivity contribution in [1.29, 1.82) is 0 Å². The van der Waals surface area contributed by atoms with Gasteiger partial charge in [0.1, 0.15) is 5.75 Å². The maximum absolute atomic E-state index is 11.7. The van der Waals surface area contributed by atoms with E-state index < -0.39 is 5.92 Å². The van der Waals surface area contributed by atoms with Gasteiger partial charge in [0.15, 0.2) is 5.84 Å². The van der Waals surface area contributed by atoms with Gasteiger partial charge in [0.2, 0.25) is 5.91 Å². The number of nitrogens with zero attached hydrogens (tertiary/aromatic N) is 1. The second-order valence-electron chi connectivity index (χ2n) is 3.78. The van der Waals surface area contributed by atoms with Gasteiger partial charge in [-0.1, -0.05) is 23.4 Å². The summed E-state index contributed by atoms with van der Waals surface area (Å²) in [6.07, 6.45) is 0. The molecule has 4 N–H and O–H groups in total. The number of carbonyl (C=O) groups excluding carboxylic acids is 1. The first-order chi connectivity index (χ1) is 8.60. The van der Waals surface area contributed by atoms with Crippen LogP contribution in [0.3, 0.4) is 0 Å². The molecule has 1 aromatic carbocycles. The Morgan fingerprint density at radius 2 is 2.22 bits per heavy atom.